The van der Waals surface area contributed by atoms with E-state index in [1.165, 1.54) is 0 Å². The molecule has 0 spiro atoms. The first-order chi connectivity index (χ1) is 8.27. The molecule has 0 saturated heterocycles. The van der Waals surface area contributed by atoms with E-state index in [2.05, 4.69) is 4.98 Å². The van der Waals surface area contributed by atoms with Crippen molar-refractivity contribution in [1.82, 2.24) is 4.98 Å². The van der Waals surface area contributed by atoms with Crippen LogP contribution in [0, 0.1) is 0 Å². The maximum atomic E-state index is 11.2. The number of primary amides is 1. The molecule has 0 aliphatic carbocycles. The number of aromatic nitrogens is 1. The van der Waals surface area contributed by atoms with Crippen LogP contribution in [-0.4, -0.2) is 10.9 Å². The molecule has 1 amide bonds. The number of nitrogens with two attached hydrogens (primary N) is 1. The standard InChI is InChI=1S/C14H14N2O/c15-14(17)13-6-2-1-5-12(13)8-7-11-4-3-9-16-10-11/h1-6,9-10H,7-8H2,(H2,15,17). The molecule has 0 saturated carbocycles. The zero-order chi connectivity index (χ0) is 12.1. The van der Waals surface area contributed by atoms with Crippen molar-refractivity contribution in [3.63, 3.8) is 0 Å². The van der Waals surface area contributed by atoms with Crippen LogP contribution in [0.3, 0.4) is 0 Å². The van der Waals surface area contributed by atoms with Gasteiger partial charge in [0.15, 0.2) is 0 Å². The largest absolute Gasteiger partial charge is 0.366 e. The van der Waals surface area contributed by atoms with E-state index in [0.29, 0.717) is 5.56 Å². The first-order valence-corrected chi connectivity index (χ1v) is 5.54. The molecule has 0 radical (unpaired) electrons. The topological polar surface area (TPSA) is 56.0 Å². The highest BCUT2D eigenvalue weighted by Crippen LogP contribution is 2.11. The molecule has 3 heteroatoms. The van der Waals surface area contributed by atoms with E-state index >= 15 is 0 Å². The first kappa shape index (κ1) is 11.3. The summed E-state index contributed by atoms with van der Waals surface area (Å²) in [5.41, 5.74) is 8.09. The van der Waals surface area contributed by atoms with E-state index in [1.807, 2.05) is 36.5 Å². The van der Waals surface area contributed by atoms with Crippen LogP contribution in [0.4, 0.5) is 0 Å². The minimum Gasteiger partial charge on any atom is -0.366 e. The predicted octanol–water partition coefficient (Wildman–Crippen LogP) is 1.97. The van der Waals surface area contributed by atoms with Crippen molar-refractivity contribution in [3.8, 4) is 0 Å². The molecule has 0 bridgehead atoms. The number of rotatable bonds is 4. The third kappa shape index (κ3) is 2.91. The minimum atomic E-state index is -0.369. The first-order valence-electron chi connectivity index (χ1n) is 5.54. The Morgan fingerprint density at radius 2 is 1.94 bits per heavy atom. The molecule has 1 heterocycles. The normalized spacial score (nSPS) is 10.1. The zero-order valence-electron chi connectivity index (χ0n) is 9.47. The summed E-state index contributed by atoms with van der Waals surface area (Å²) in [7, 11) is 0. The molecule has 2 rings (SSSR count). The van der Waals surface area contributed by atoms with E-state index in [1.54, 1.807) is 12.3 Å². The summed E-state index contributed by atoms with van der Waals surface area (Å²) in [6.45, 7) is 0. The van der Waals surface area contributed by atoms with E-state index in [9.17, 15) is 4.79 Å². The second kappa shape index (κ2) is 5.25. The Hall–Kier alpha value is -2.16. The fourth-order valence-corrected chi connectivity index (χ4v) is 1.80. The van der Waals surface area contributed by atoms with Crippen LogP contribution in [-0.2, 0) is 12.8 Å². The summed E-state index contributed by atoms with van der Waals surface area (Å²) >= 11 is 0. The Kier molecular flexibility index (Phi) is 3.50. The van der Waals surface area contributed by atoms with Crippen LogP contribution in [0.1, 0.15) is 21.5 Å². The number of aryl methyl sites for hydroxylation is 2. The van der Waals surface area contributed by atoms with Gasteiger partial charge < -0.3 is 5.73 Å². The van der Waals surface area contributed by atoms with E-state index in [0.717, 1.165) is 24.0 Å². The van der Waals surface area contributed by atoms with Crippen LogP contribution in [0.25, 0.3) is 0 Å². The molecule has 0 aliphatic rings. The fourth-order valence-electron chi connectivity index (χ4n) is 1.80. The van der Waals surface area contributed by atoms with Crippen molar-refractivity contribution >= 4 is 5.91 Å². The number of carbonyl (C=O) groups is 1. The van der Waals surface area contributed by atoms with Crippen LogP contribution in [0.15, 0.2) is 48.8 Å². The molecule has 17 heavy (non-hydrogen) atoms. The van der Waals surface area contributed by atoms with E-state index < -0.39 is 0 Å². The molecule has 0 fully saturated rings. The van der Waals surface area contributed by atoms with Gasteiger partial charge in [-0.15, -0.1) is 0 Å². The van der Waals surface area contributed by atoms with Crippen molar-refractivity contribution in [1.29, 1.82) is 0 Å². The van der Waals surface area contributed by atoms with Gasteiger partial charge in [-0.25, -0.2) is 0 Å². The highest BCUT2D eigenvalue weighted by molar-refractivity contribution is 5.94. The summed E-state index contributed by atoms with van der Waals surface area (Å²) in [5.74, 6) is -0.369. The maximum Gasteiger partial charge on any atom is 0.248 e. The quantitative estimate of drug-likeness (QED) is 0.866. The van der Waals surface area contributed by atoms with Gasteiger partial charge in [-0.05, 0) is 36.1 Å². The van der Waals surface area contributed by atoms with Crippen molar-refractivity contribution in [2.24, 2.45) is 5.73 Å². The molecule has 2 aromatic rings. The number of hydrogen-bond donors (Lipinski definition) is 1. The van der Waals surface area contributed by atoms with Crippen LogP contribution in [0.2, 0.25) is 0 Å². The van der Waals surface area contributed by atoms with Gasteiger partial charge in [-0.2, -0.15) is 0 Å². The van der Waals surface area contributed by atoms with Crippen LogP contribution < -0.4 is 5.73 Å². The lowest BCUT2D eigenvalue weighted by Crippen LogP contribution is -2.13. The molecule has 1 aromatic carbocycles. The lowest BCUT2D eigenvalue weighted by atomic mass is 10.0. The highest BCUT2D eigenvalue weighted by Gasteiger charge is 2.06. The third-order valence-electron chi connectivity index (χ3n) is 2.69. The molecule has 1 aromatic heterocycles. The fraction of sp³-hybridized carbons (Fsp3) is 0.143. The highest BCUT2D eigenvalue weighted by atomic mass is 16.1. The van der Waals surface area contributed by atoms with Crippen LogP contribution in [0.5, 0.6) is 0 Å². The number of hydrogen-bond acceptors (Lipinski definition) is 2. The third-order valence-corrected chi connectivity index (χ3v) is 2.69. The lowest BCUT2D eigenvalue weighted by molar-refractivity contribution is 0.0999. The summed E-state index contributed by atoms with van der Waals surface area (Å²) in [6.07, 6.45) is 5.25. The number of amides is 1. The number of pyridine rings is 1. The van der Waals surface area contributed by atoms with Crippen molar-refractivity contribution < 1.29 is 4.79 Å². The summed E-state index contributed by atoms with van der Waals surface area (Å²) in [4.78, 5) is 15.3. The Labute approximate surface area is 100 Å². The number of nitrogens with zero attached hydrogens (tertiary/aromatic N) is 1. The van der Waals surface area contributed by atoms with Crippen molar-refractivity contribution in [3.05, 3.63) is 65.5 Å². The van der Waals surface area contributed by atoms with E-state index in [4.69, 9.17) is 5.73 Å². The number of carbonyl (C=O) groups excluding carboxylic acids is 1. The van der Waals surface area contributed by atoms with Crippen LogP contribution >= 0.6 is 0 Å². The summed E-state index contributed by atoms with van der Waals surface area (Å²) in [6, 6.07) is 11.4. The van der Waals surface area contributed by atoms with Crippen molar-refractivity contribution in [2.75, 3.05) is 0 Å². The maximum absolute atomic E-state index is 11.2. The second-order valence-corrected chi connectivity index (χ2v) is 3.88. The van der Waals surface area contributed by atoms with Gasteiger partial charge in [-0.1, -0.05) is 24.3 Å². The lowest BCUT2D eigenvalue weighted by Gasteiger charge is -2.06. The second-order valence-electron chi connectivity index (χ2n) is 3.88. The molecular weight excluding hydrogens is 212 g/mol. The molecule has 0 atom stereocenters. The van der Waals surface area contributed by atoms with Gasteiger partial charge in [0, 0.05) is 18.0 Å². The molecule has 86 valence electrons. The van der Waals surface area contributed by atoms with Gasteiger partial charge in [0.05, 0.1) is 0 Å². The molecular formula is C14H14N2O. The molecule has 3 nitrogen and oxygen atoms in total. The zero-order valence-corrected chi connectivity index (χ0v) is 9.47. The van der Waals surface area contributed by atoms with Gasteiger partial charge in [0.2, 0.25) is 5.91 Å². The molecule has 0 unspecified atom stereocenters. The summed E-state index contributed by atoms with van der Waals surface area (Å²) in [5, 5.41) is 0. The Morgan fingerprint density at radius 3 is 2.65 bits per heavy atom. The van der Waals surface area contributed by atoms with Crippen molar-refractivity contribution in [2.45, 2.75) is 12.8 Å². The Balaban J connectivity index is 2.12. The van der Waals surface area contributed by atoms with E-state index in [-0.39, 0.29) is 5.91 Å². The minimum absolute atomic E-state index is 0.369. The van der Waals surface area contributed by atoms with Gasteiger partial charge in [0.1, 0.15) is 0 Å². The van der Waals surface area contributed by atoms with Gasteiger partial charge in [0.25, 0.3) is 0 Å². The summed E-state index contributed by atoms with van der Waals surface area (Å²) < 4.78 is 0. The SMILES string of the molecule is NC(=O)c1ccccc1CCc1cccnc1. The molecule has 2 N–H and O–H groups in total. The van der Waals surface area contributed by atoms with Gasteiger partial charge >= 0.3 is 0 Å². The monoisotopic (exact) mass is 226 g/mol. The predicted molar refractivity (Wildman–Crippen MR) is 66.6 cm³/mol. The molecule has 0 aliphatic heterocycles. The van der Waals surface area contributed by atoms with Gasteiger partial charge in [-0.3, -0.25) is 9.78 Å². The Morgan fingerprint density at radius 1 is 1.12 bits per heavy atom. The smallest absolute Gasteiger partial charge is 0.248 e. The average Bonchev–Trinajstić information content (AvgIpc) is 2.38. The Bertz CT molecular complexity index is 509. The average molecular weight is 226 g/mol. The number of benzene rings is 1.